The third kappa shape index (κ3) is 10.7. The number of ether oxygens (including phenoxy) is 2. The first-order valence-corrected chi connectivity index (χ1v) is 12.5. The van der Waals surface area contributed by atoms with Gasteiger partial charge in [0.1, 0.15) is 11.5 Å². The molecule has 0 heterocycles. The molecule has 2 N–H and O–H groups in total. The molecule has 0 aliphatic carbocycles. The van der Waals surface area contributed by atoms with Crippen LogP contribution in [0.1, 0.15) is 84.9 Å². The summed E-state index contributed by atoms with van der Waals surface area (Å²) in [5.41, 5.74) is 1.33. The highest BCUT2D eigenvalue weighted by Gasteiger charge is 2.05. The van der Waals surface area contributed by atoms with E-state index < -0.39 is 0 Å². The molecule has 2 rings (SSSR count). The number of amides is 2. The van der Waals surface area contributed by atoms with Crippen LogP contribution < -0.4 is 20.1 Å². The zero-order valence-electron chi connectivity index (χ0n) is 20.7. The van der Waals surface area contributed by atoms with Crippen LogP contribution in [0.5, 0.6) is 11.5 Å². The lowest BCUT2D eigenvalue weighted by molar-refractivity contribution is 0.0944. The summed E-state index contributed by atoms with van der Waals surface area (Å²) in [5.74, 6) is 1.46. The van der Waals surface area contributed by atoms with Crippen molar-refractivity contribution in [2.45, 2.75) is 64.2 Å². The second kappa shape index (κ2) is 16.6. The number of rotatable bonds is 17. The molecular weight excluding hydrogens is 428 g/mol. The highest BCUT2D eigenvalue weighted by molar-refractivity contribution is 5.94. The quantitative estimate of drug-likeness (QED) is 0.289. The second-order valence-corrected chi connectivity index (χ2v) is 8.50. The average molecular weight is 469 g/mol. The molecule has 0 unspecified atom stereocenters. The summed E-state index contributed by atoms with van der Waals surface area (Å²) < 4.78 is 10.2. The Morgan fingerprint density at radius 3 is 1.12 bits per heavy atom. The lowest BCUT2D eigenvalue weighted by atomic mass is 10.1. The van der Waals surface area contributed by atoms with Gasteiger partial charge < -0.3 is 20.1 Å². The van der Waals surface area contributed by atoms with Crippen molar-refractivity contribution in [2.24, 2.45) is 0 Å². The van der Waals surface area contributed by atoms with Crippen LogP contribution in [-0.4, -0.2) is 39.1 Å². The number of carbonyl (C=O) groups excluding carboxylic acids is 2. The number of unbranched alkanes of at least 4 members (excludes halogenated alkanes) is 9. The topological polar surface area (TPSA) is 76.7 Å². The van der Waals surface area contributed by atoms with E-state index in [1.54, 1.807) is 62.8 Å². The minimum Gasteiger partial charge on any atom is -0.497 e. The number of methoxy groups -OCH3 is 2. The maximum atomic E-state index is 12.1. The molecule has 0 saturated carbocycles. The molecule has 186 valence electrons. The lowest BCUT2D eigenvalue weighted by Gasteiger charge is -2.07. The Morgan fingerprint density at radius 1 is 0.529 bits per heavy atom. The fourth-order valence-electron chi connectivity index (χ4n) is 3.76. The van der Waals surface area contributed by atoms with E-state index >= 15 is 0 Å². The van der Waals surface area contributed by atoms with Gasteiger partial charge in [0.15, 0.2) is 0 Å². The molecule has 6 heteroatoms. The highest BCUT2D eigenvalue weighted by Crippen LogP contribution is 2.13. The molecule has 0 saturated heterocycles. The van der Waals surface area contributed by atoms with Crippen LogP contribution in [0.4, 0.5) is 0 Å². The standard InChI is InChI=1S/C28H40N2O4/c1-33-25-17-13-23(14-18-25)27(31)29-21-11-9-7-5-3-4-6-8-10-12-22-30-28(32)24-15-19-26(34-2)20-16-24/h13-20H,3-12,21-22H2,1-2H3,(H,29,31)(H,30,32). The maximum Gasteiger partial charge on any atom is 0.251 e. The molecule has 0 bridgehead atoms. The summed E-state index contributed by atoms with van der Waals surface area (Å²) in [4.78, 5) is 24.2. The van der Waals surface area contributed by atoms with Crippen molar-refractivity contribution in [3.63, 3.8) is 0 Å². The van der Waals surface area contributed by atoms with E-state index in [4.69, 9.17) is 9.47 Å². The van der Waals surface area contributed by atoms with E-state index in [0.717, 1.165) is 50.3 Å². The van der Waals surface area contributed by atoms with Gasteiger partial charge in [0.05, 0.1) is 14.2 Å². The summed E-state index contributed by atoms with van der Waals surface area (Å²) in [7, 11) is 3.23. The van der Waals surface area contributed by atoms with Gasteiger partial charge in [0, 0.05) is 24.2 Å². The van der Waals surface area contributed by atoms with Gasteiger partial charge in [-0.05, 0) is 61.4 Å². The molecule has 0 spiro atoms. The van der Waals surface area contributed by atoms with Crippen LogP contribution in [0.15, 0.2) is 48.5 Å². The van der Waals surface area contributed by atoms with Crippen molar-refractivity contribution in [2.75, 3.05) is 27.3 Å². The third-order valence-corrected chi connectivity index (χ3v) is 5.88. The van der Waals surface area contributed by atoms with Crippen molar-refractivity contribution < 1.29 is 19.1 Å². The Bertz CT molecular complexity index is 763. The van der Waals surface area contributed by atoms with E-state index in [1.807, 2.05) is 0 Å². The van der Waals surface area contributed by atoms with Crippen LogP contribution in [0.3, 0.4) is 0 Å². The fourth-order valence-corrected chi connectivity index (χ4v) is 3.76. The fraction of sp³-hybridized carbons (Fsp3) is 0.500. The molecule has 0 aromatic heterocycles. The third-order valence-electron chi connectivity index (χ3n) is 5.88. The van der Waals surface area contributed by atoms with Crippen LogP contribution in [-0.2, 0) is 0 Å². The van der Waals surface area contributed by atoms with Gasteiger partial charge in [-0.15, -0.1) is 0 Å². The van der Waals surface area contributed by atoms with Crippen LogP contribution in [0, 0.1) is 0 Å². The van der Waals surface area contributed by atoms with Crippen LogP contribution in [0.2, 0.25) is 0 Å². The Balaban J connectivity index is 1.36. The first kappa shape index (κ1) is 27.2. The predicted molar refractivity (Wildman–Crippen MR) is 137 cm³/mol. The summed E-state index contributed by atoms with van der Waals surface area (Å²) in [5, 5.41) is 5.96. The molecule has 0 atom stereocenters. The summed E-state index contributed by atoms with van der Waals surface area (Å²) >= 11 is 0. The van der Waals surface area contributed by atoms with Crippen molar-refractivity contribution in [3.05, 3.63) is 59.7 Å². The lowest BCUT2D eigenvalue weighted by Crippen LogP contribution is -2.24. The van der Waals surface area contributed by atoms with E-state index in [-0.39, 0.29) is 11.8 Å². The van der Waals surface area contributed by atoms with Gasteiger partial charge in [0.25, 0.3) is 11.8 Å². The zero-order valence-corrected chi connectivity index (χ0v) is 20.7. The van der Waals surface area contributed by atoms with Crippen LogP contribution in [0.25, 0.3) is 0 Å². The predicted octanol–water partition coefficient (Wildman–Crippen LogP) is 5.76. The Kier molecular flexibility index (Phi) is 13.3. The minimum absolute atomic E-state index is 0.0250. The van der Waals surface area contributed by atoms with E-state index in [1.165, 1.54) is 38.5 Å². The Labute approximate surface area is 204 Å². The number of nitrogens with one attached hydrogen (secondary N) is 2. The molecule has 2 amide bonds. The first-order chi connectivity index (χ1) is 16.6. The van der Waals surface area contributed by atoms with E-state index in [9.17, 15) is 9.59 Å². The number of benzene rings is 2. The van der Waals surface area contributed by atoms with Crippen molar-refractivity contribution >= 4 is 11.8 Å². The molecule has 0 fully saturated rings. The smallest absolute Gasteiger partial charge is 0.251 e. The largest absolute Gasteiger partial charge is 0.497 e. The second-order valence-electron chi connectivity index (χ2n) is 8.50. The number of carbonyl (C=O) groups is 2. The molecule has 34 heavy (non-hydrogen) atoms. The van der Waals surface area contributed by atoms with Gasteiger partial charge >= 0.3 is 0 Å². The van der Waals surface area contributed by atoms with Gasteiger partial charge in [0.2, 0.25) is 0 Å². The van der Waals surface area contributed by atoms with Gasteiger partial charge in [-0.25, -0.2) is 0 Å². The maximum absolute atomic E-state index is 12.1. The molecule has 6 nitrogen and oxygen atoms in total. The van der Waals surface area contributed by atoms with Gasteiger partial charge in [-0.2, -0.15) is 0 Å². The summed E-state index contributed by atoms with van der Waals surface area (Å²) in [6, 6.07) is 14.3. The van der Waals surface area contributed by atoms with Crippen molar-refractivity contribution in [1.29, 1.82) is 0 Å². The molecule has 2 aromatic rings. The van der Waals surface area contributed by atoms with E-state index in [2.05, 4.69) is 10.6 Å². The molecular formula is C28H40N2O4. The van der Waals surface area contributed by atoms with E-state index in [0.29, 0.717) is 11.1 Å². The Hall–Kier alpha value is -3.02. The van der Waals surface area contributed by atoms with Crippen LogP contribution >= 0.6 is 0 Å². The molecule has 0 radical (unpaired) electrons. The number of hydrogen-bond donors (Lipinski definition) is 2. The normalized spacial score (nSPS) is 10.5. The van der Waals surface area contributed by atoms with Gasteiger partial charge in [-0.1, -0.05) is 51.4 Å². The molecule has 0 aliphatic heterocycles. The summed E-state index contributed by atoms with van der Waals surface area (Å²) in [6.45, 7) is 1.44. The SMILES string of the molecule is COc1ccc(C(=O)NCCCCCCCCCCCCNC(=O)c2ccc(OC)cc2)cc1. The molecule has 2 aromatic carbocycles. The average Bonchev–Trinajstić information content (AvgIpc) is 2.88. The minimum atomic E-state index is -0.0250. The van der Waals surface area contributed by atoms with Crippen molar-refractivity contribution in [1.82, 2.24) is 10.6 Å². The number of hydrogen-bond acceptors (Lipinski definition) is 4. The highest BCUT2D eigenvalue weighted by atomic mass is 16.5. The zero-order chi connectivity index (χ0) is 24.4. The first-order valence-electron chi connectivity index (χ1n) is 12.5. The van der Waals surface area contributed by atoms with Crippen molar-refractivity contribution in [3.8, 4) is 11.5 Å². The molecule has 0 aliphatic rings. The monoisotopic (exact) mass is 468 g/mol. The van der Waals surface area contributed by atoms with Gasteiger partial charge in [-0.3, -0.25) is 9.59 Å². The summed E-state index contributed by atoms with van der Waals surface area (Å²) in [6.07, 6.45) is 11.8. The Morgan fingerprint density at radius 2 is 0.824 bits per heavy atom.